The van der Waals surface area contributed by atoms with E-state index in [2.05, 4.69) is 15.0 Å². The second-order valence-electron chi connectivity index (χ2n) is 6.00. The molecular weight excluding hydrogens is 396 g/mol. The van der Waals surface area contributed by atoms with E-state index in [1.165, 1.54) is 38.0 Å². The summed E-state index contributed by atoms with van der Waals surface area (Å²) in [6, 6.07) is 0. The Bertz CT molecular complexity index is 918. The average molecular weight is 413 g/mol. The molecule has 0 N–H and O–H groups in total. The number of hydrogen-bond donors (Lipinski definition) is 0. The maximum Gasteiger partial charge on any atom is 0.303 e. The van der Waals surface area contributed by atoms with Crippen molar-refractivity contribution in [1.82, 2.24) is 19.5 Å². The van der Waals surface area contributed by atoms with Crippen molar-refractivity contribution >= 4 is 40.7 Å². The lowest BCUT2D eigenvalue weighted by atomic mass is 10.1. The molecule has 0 aromatic carbocycles. The molecule has 1 aliphatic rings. The van der Waals surface area contributed by atoms with Crippen molar-refractivity contribution in [2.45, 2.75) is 45.3 Å². The molecule has 12 heteroatoms. The predicted octanol–water partition coefficient (Wildman–Crippen LogP) is 0.804. The first-order chi connectivity index (χ1) is 13.3. The molecule has 0 amide bonds. The van der Waals surface area contributed by atoms with Crippen molar-refractivity contribution in [2.75, 3.05) is 6.61 Å². The molecule has 11 nitrogen and oxygen atoms in total. The van der Waals surface area contributed by atoms with Gasteiger partial charge >= 0.3 is 17.9 Å². The summed E-state index contributed by atoms with van der Waals surface area (Å²) in [7, 11) is 0. The standard InChI is InChI=1S/C16H17ClN4O7/c1-7(22)25-4-10-12(26-8(2)23)13(27-9(3)24)16(28-10)21-6-20-11-14(17)18-5-19-15(11)21/h5-6,10,12-13,16H,4H2,1-3H3/t10-,12-,13-,16-/m1/s1. The van der Waals surface area contributed by atoms with Crippen LogP contribution in [0.5, 0.6) is 0 Å². The van der Waals surface area contributed by atoms with Crippen molar-refractivity contribution in [3.8, 4) is 0 Å². The van der Waals surface area contributed by atoms with E-state index < -0.39 is 42.4 Å². The number of halogens is 1. The van der Waals surface area contributed by atoms with Crippen molar-refractivity contribution in [3.05, 3.63) is 17.8 Å². The van der Waals surface area contributed by atoms with Gasteiger partial charge in [-0.25, -0.2) is 15.0 Å². The quantitative estimate of drug-likeness (QED) is 0.394. The van der Waals surface area contributed by atoms with Crippen LogP contribution >= 0.6 is 11.6 Å². The summed E-state index contributed by atoms with van der Waals surface area (Å²) in [6.07, 6.45) is -1.24. The lowest BCUT2D eigenvalue weighted by molar-refractivity contribution is -0.166. The van der Waals surface area contributed by atoms with E-state index in [1.54, 1.807) is 0 Å². The number of esters is 3. The molecule has 4 atom stereocenters. The van der Waals surface area contributed by atoms with E-state index in [1.807, 2.05) is 0 Å². The molecule has 2 aromatic rings. The number of imidazole rings is 1. The Kier molecular flexibility index (Phi) is 5.75. The van der Waals surface area contributed by atoms with Gasteiger partial charge in [0.25, 0.3) is 0 Å². The molecular formula is C16H17ClN4O7. The number of aromatic nitrogens is 4. The van der Waals surface area contributed by atoms with Crippen molar-refractivity contribution in [3.63, 3.8) is 0 Å². The van der Waals surface area contributed by atoms with Gasteiger partial charge < -0.3 is 18.9 Å². The van der Waals surface area contributed by atoms with Gasteiger partial charge in [0.1, 0.15) is 24.6 Å². The summed E-state index contributed by atoms with van der Waals surface area (Å²) < 4.78 is 23.1. The Morgan fingerprint density at radius 3 is 2.39 bits per heavy atom. The number of fused-ring (bicyclic) bond motifs is 1. The third-order valence-corrected chi connectivity index (χ3v) is 4.21. The largest absolute Gasteiger partial charge is 0.463 e. The van der Waals surface area contributed by atoms with Gasteiger partial charge in [0.2, 0.25) is 0 Å². The van der Waals surface area contributed by atoms with Crippen LogP contribution in [0, 0.1) is 0 Å². The van der Waals surface area contributed by atoms with E-state index in [4.69, 9.17) is 30.5 Å². The molecule has 0 spiro atoms. The highest BCUT2D eigenvalue weighted by atomic mass is 35.5. The van der Waals surface area contributed by atoms with E-state index in [0.29, 0.717) is 11.2 Å². The zero-order valence-corrected chi connectivity index (χ0v) is 16.0. The first kappa shape index (κ1) is 20.0. The zero-order chi connectivity index (χ0) is 20.4. The lowest BCUT2D eigenvalue weighted by Gasteiger charge is -2.23. The SMILES string of the molecule is CC(=O)OC[C@H]1O[C@@H](n2cnc3c(Cl)ncnc32)[C@H](OC(C)=O)[C@@H]1OC(C)=O. The highest BCUT2D eigenvalue weighted by Crippen LogP contribution is 2.36. The van der Waals surface area contributed by atoms with Crippen molar-refractivity contribution in [2.24, 2.45) is 0 Å². The van der Waals surface area contributed by atoms with Gasteiger partial charge in [-0.2, -0.15) is 0 Å². The molecule has 28 heavy (non-hydrogen) atoms. The summed E-state index contributed by atoms with van der Waals surface area (Å²) in [6.45, 7) is 3.45. The van der Waals surface area contributed by atoms with Crippen LogP contribution in [-0.4, -0.2) is 62.3 Å². The highest BCUT2D eigenvalue weighted by Gasteiger charge is 2.51. The van der Waals surface area contributed by atoms with Crippen LogP contribution in [0.15, 0.2) is 12.7 Å². The van der Waals surface area contributed by atoms with Gasteiger partial charge in [0.15, 0.2) is 29.2 Å². The average Bonchev–Trinajstić information content (AvgIpc) is 3.16. The van der Waals surface area contributed by atoms with Crippen LogP contribution in [0.2, 0.25) is 5.15 Å². The fourth-order valence-corrected chi connectivity index (χ4v) is 3.10. The van der Waals surface area contributed by atoms with Crippen molar-refractivity contribution < 1.29 is 33.3 Å². The van der Waals surface area contributed by atoms with Gasteiger partial charge in [-0.3, -0.25) is 19.0 Å². The summed E-state index contributed by atoms with van der Waals surface area (Å²) in [4.78, 5) is 46.6. The molecule has 0 aliphatic carbocycles. The van der Waals surface area contributed by atoms with Crippen LogP contribution in [0.3, 0.4) is 0 Å². The maximum absolute atomic E-state index is 11.7. The van der Waals surface area contributed by atoms with Crippen LogP contribution in [0.4, 0.5) is 0 Å². The highest BCUT2D eigenvalue weighted by molar-refractivity contribution is 6.33. The number of carbonyl (C=O) groups excluding carboxylic acids is 3. The van der Waals surface area contributed by atoms with Gasteiger partial charge in [-0.1, -0.05) is 11.6 Å². The first-order valence-corrected chi connectivity index (χ1v) is 8.62. The lowest BCUT2D eigenvalue weighted by Crippen LogP contribution is -2.40. The van der Waals surface area contributed by atoms with Gasteiger partial charge in [-0.05, 0) is 0 Å². The second-order valence-corrected chi connectivity index (χ2v) is 6.36. The third-order valence-electron chi connectivity index (χ3n) is 3.93. The minimum Gasteiger partial charge on any atom is -0.463 e. The Labute approximate surface area is 163 Å². The monoisotopic (exact) mass is 412 g/mol. The molecule has 2 aromatic heterocycles. The Morgan fingerprint density at radius 1 is 1.07 bits per heavy atom. The summed E-state index contributed by atoms with van der Waals surface area (Å²) in [5, 5.41) is 0.138. The number of rotatable bonds is 5. The fraction of sp³-hybridized carbons (Fsp3) is 0.500. The summed E-state index contributed by atoms with van der Waals surface area (Å²) in [5.41, 5.74) is 0.652. The van der Waals surface area contributed by atoms with Gasteiger partial charge in [0.05, 0.1) is 6.33 Å². The van der Waals surface area contributed by atoms with Crippen LogP contribution in [0.1, 0.15) is 27.0 Å². The molecule has 3 heterocycles. The molecule has 0 bridgehead atoms. The van der Waals surface area contributed by atoms with Crippen LogP contribution < -0.4 is 0 Å². The van der Waals surface area contributed by atoms with Gasteiger partial charge in [-0.15, -0.1) is 0 Å². The number of carbonyl (C=O) groups is 3. The van der Waals surface area contributed by atoms with Crippen LogP contribution in [0.25, 0.3) is 11.2 Å². The van der Waals surface area contributed by atoms with Gasteiger partial charge in [0, 0.05) is 20.8 Å². The first-order valence-electron chi connectivity index (χ1n) is 8.24. The zero-order valence-electron chi connectivity index (χ0n) is 15.2. The Morgan fingerprint density at radius 2 is 1.75 bits per heavy atom. The molecule has 1 fully saturated rings. The molecule has 0 radical (unpaired) electrons. The molecule has 0 unspecified atom stereocenters. The second kappa shape index (κ2) is 8.07. The predicted molar refractivity (Wildman–Crippen MR) is 92.0 cm³/mol. The number of nitrogens with zero attached hydrogens (tertiary/aromatic N) is 4. The van der Waals surface area contributed by atoms with E-state index >= 15 is 0 Å². The minimum absolute atomic E-state index is 0.138. The summed E-state index contributed by atoms with van der Waals surface area (Å²) in [5.74, 6) is -1.76. The maximum atomic E-state index is 11.7. The molecule has 0 saturated carbocycles. The van der Waals surface area contributed by atoms with E-state index in [-0.39, 0.29) is 11.8 Å². The third kappa shape index (κ3) is 4.04. The molecule has 1 saturated heterocycles. The van der Waals surface area contributed by atoms with E-state index in [9.17, 15) is 14.4 Å². The number of ether oxygens (including phenoxy) is 4. The number of hydrogen-bond acceptors (Lipinski definition) is 10. The molecule has 150 valence electrons. The van der Waals surface area contributed by atoms with E-state index in [0.717, 1.165) is 0 Å². The topological polar surface area (TPSA) is 132 Å². The molecule has 3 rings (SSSR count). The Hall–Kier alpha value is -2.79. The fourth-order valence-electron chi connectivity index (χ4n) is 2.93. The summed E-state index contributed by atoms with van der Waals surface area (Å²) >= 11 is 6.03. The Balaban J connectivity index is 2.01. The minimum atomic E-state index is -1.03. The normalized spacial score (nSPS) is 24.1. The van der Waals surface area contributed by atoms with Crippen LogP contribution in [-0.2, 0) is 33.3 Å². The van der Waals surface area contributed by atoms with Crippen molar-refractivity contribution in [1.29, 1.82) is 0 Å². The molecule has 1 aliphatic heterocycles. The smallest absolute Gasteiger partial charge is 0.303 e.